The summed E-state index contributed by atoms with van der Waals surface area (Å²) < 4.78 is 5.76. The molecule has 0 radical (unpaired) electrons. The second-order valence-corrected chi connectivity index (χ2v) is 4.38. The van der Waals surface area contributed by atoms with Crippen molar-refractivity contribution in [1.82, 2.24) is 0 Å². The number of alkyl halides is 1. The fourth-order valence-corrected chi connectivity index (χ4v) is 1.78. The molecule has 64 valence electrons. The van der Waals surface area contributed by atoms with E-state index in [2.05, 4.69) is 27.9 Å². The normalized spacial score (nSPS) is 20.7. The van der Waals surface area contributed by atoms with Crippen LogP contribution in [0.1, 0.15) is 0 Å². The SMILES string of the molecule is Clc1ccc2c(c1)NC[C@H](I)O2. The topological polar surface area (TPSA) is 21.3 Å². The van der Waals surface area contributed by atoms with Gasteiger partial charge in [0.05, 0.1) is 12.2 Å². The van der Waals surface area contributed by atoms with Gasteiger partial charge in [-0.15, -0.1) is 0 Å². The molecule has 0 unspecified atom stereocenters. The zero-order valence-electron chi connectivity index (χ0n) is 6.18. The van der Waals surface area contributed by atoms with Gasteiger partial charge >= 0.3 is 0 Å². The van der Waals surface area contributed by atoms with Crippen LogP contribution in [0.2, 0.25) is 5.02 Å². The van der Waals surface area contributed by atoms with Crippen LogP contribution in [-0.4, -0.2) is 10.7 Å². The summed E-state index contributed by atoms with van der Waals surface area (Å²) in [5.74, 6) is 0.880. The van der Waals surface area contributed by atoms with Crippen molar-refractivity contribution in [2.75, 3.05) is 11.9 Å². The van der Waals surface area contributed by atoms with E-state index < -0.39 is 0 Å². The summed E-state index contributed by atoms with van der Waals surface area (Å²) in [4.78, 5) is 0. The Bertz CT molecular complexity index is 305. The molecule has 0 fully saturated rings. The molecule has 0 amide bonds. The Morgan fingerprint density at radius 1 is 1.58 bits per heavy atom. The molecule has 0 bridgehead atoms. The number of benzene rings is 1. The second-order valence-electron chi connectivity index (χ2n) is 2.55. The third-order valence-corrected chi connectivity index (χ3v) is 2.58. The van der Waals surface area contributed by atoms with E-state index in [-0.39, 0.29) is 4.11 Å². The molecule has 12 heavy (non-hydrogen) atoms. The molecule has 1 atom stereocenters. The average Bonchev–Trinajstić information content (AvgIpc) is 2.05. The molecule has 0 spiro atoms. The predicted molar refractivity (Wildman–Crippen MR) is 58.4 cm³/mol. The van der Waals surface area contributed by atoms with Crippen molar-refractivity contribution < 1.29 is 4.74 Å². The van der Waals surface area contributed by atoms with Gasteiger partial charge < -0.3 is 10.1 Å². The van der Waals surface area contributed by atoms with E-state index in [0.717, 1.165) is 23.0 Å². The largest absolute Gasteiger partial charge is 0.476 e. The molecule has 2 nitrogen and oxygen atoms in total. The average molecular weight is 296 g/mol. The number of fused-ring (bicyclic) bond motifs is 1. The van der Waals surface area contributed by atoms with Crippen molar-refractivity contribution in [2.24, 2.45) is 0 Å². The number of hydrogen-bond acceptors (Lipinski definition) is 2. The second kappa shape index (κ2) is 3.30. The van der Waals surface area contributed by atoms with Crippen LogP contribution in [-0.2, 0) is 0 Å². The van der Waals surface area contributed by atoms with Crippen molar-refractivity contribution in [1.29, 1.82) is 0 Å². The molecule has 1 aromatic rings. The Kier molecular flexibility index (Phi) is 2.32. The van der Waals surface area contributed by atoms with Crippen molar-refractivity contribution >= 4 is 39.9 Å². The monoisotopic (exact) mass is 295 g/mol. The molecule has 1 aliphatic rings. The molecule has 0 saturated carbocycles. The molecular formula is C8H7ClINO. The Hall–Kier alpha value is -0.160. The van der Waals surface area contributed by atoms with Gasteiger partial charge in [0, 0.05) is 5.02 Å². The van der Waals surface area contributed by atoms with Gasteiger partial charge in [-0.25, -0.2) is 0 Å². The van der Waals surface area contributed by atoms with Crippen molar-refractivity contribution in [2.45, 2.75) is 4.11 Å². The molecule has 1 aromatic carbocycles. The van der Waals surface area contributed by atoms with Gasteiger partial charge in [0.15, 0.2) is 4.11 Å². The minimum Gasteiger partial charge on any atom is -0.476 e. The highest BCUT2D eigenvalue weighted by molar-refractivity contribution is 14.1. The summed E-state index contributed by atoms with van der Waals surface area (Å²) in [7, 11) is 0. The molecular weight excluding hydrogens is 288 g/mol. The highest BCUT2D eigenvalue weighted by Crippen LogP contribution is 2.32. The van der Waals surface area contributed by atoms with E-state index in [0.29, 0.717) is 0 Å². The Balaban J connectivity index is 2.37. The van der Waals surface area contributed by atoms with Crippen LogP contribution in [0, 0.1) is 0 Å². The van der Waals surface area contributed by atoms with E-state index >= 15 is 0 Å². The van der Waals surface area contributed by atoms with Gasteiger partial charge in [0.1, 0.15) is 5.75 Å². The summed E-state index contributed by atoms with van der Waals surface area (Å²) in [5, 5.41) is 3.97. The number of halogens is 2. The number of ether oxygens (including phenoxy) is 1. The number of rotatable bonds is 0. The number of hydrogen-bond donors (Lipinski definition) is 1. The first kappa shape index (κ1) is 8.44. The lowest BCUT2D eigenvalue weighted by Crippen LogP contribution is -2.24. The van der Waals surface area contributed by atoms with Crippen molar-refractivity contribution in [3.8, 4) is 5.75 Å². The molecule has 4 heteroatoms. The van der Waals surface area contributed by atoms with Crippen LogP contribution < -0.4 is 10.1 Å². The maximum Gasteiger partial charge on any atom is 0.166 e. The smallest absolute Gasteiger partial charge is 0.166 e. The van der Waals surface area contributed by atoms with Crippen LogP contribution in [0.5, 0.6) is 5.75 Å². The van der Waals surface area contributed by atoms with Crippen LogP contribution >= 0.6 is 34.2 Å². The quantitative estimate of drug-likeness (QED) is 0.587. The van der Waals surface area contributed by atoms with E-state index in [1.54, 1.807) is 0 Å². The van der Waals surface area contributed by atoms with Crippen LogP contribution in [0.4, 0.5) is 5.69 Å². The first-order valence-corrected chi connectivity index (χ1v) is 5.22. The predicted octanol–water partition coefficient (Wildman–Crippen LogP) is 2.91. The lowest BCUT2D eigenvalue weighted by molar-refractivity contribution is 0.305. The van der Waals surface area contributed by atoms with E-state index in [4.69, 9.17) is 16.3 Å². The lowest BCUT2D eigenvalue weighted by Gasteiger charge is -2.23. The minimum atomic E-state index is 0.205. The van der Waals surface area contributed by atoms with E-state index in [1.165, 1.54) is 0 Å². The lowest BCUT2D eigenvalue weighted by atomic mass is 10.2. The third kappa shape index (κ3) is 1.61. The molecule has 0 aliphatic carbocycles. The minimum absolute atomic E-state index is 0.205. The fraction of sp³-hybridized carbons (Fsp3) is 0.250. The van der Waals surface area contributed by atoms with Crippen molar-refractivity contribution in [3.63, 3.8) is 0 Å². The molecule has 2 rings (SSSR count). The Morgan fingerprint density at radius 2 is 2.42 bits per heavy atom. The fourth-order valence-electron chi connectivity index (χ4n) is 1.11. The van der Waals surface area contributed by atoms with E-state index in [1.807, 2.05) is 18.2 Å². The van der Waals surface area contributed by atoms with Crippen LogP contribution in [0.3, 0.4) is 0 Å². The first-order chi connectivity index (χ1) is 5.75. The summed E-state index contributed by atoms with van der Waals surface area (Å²) in [6, 6.07) is 5.59. The van der Waals surface area contributed by atoms with Gasteiger partial charge in [0.25, 0.3) is 0 Å². The van der Waals surface area contributed by atoms with Crippen LogP contribution in [0.15, 0.2) is 18.2 Å². The zero-order chi connectivity index (χ0) is 8.55. The van der Waals surface area contributed by atoms with Gasteiger partial charge in [-0.3, -0.25) is 0 Å². The Labute approximate surface area is 89.4 Å². The molecule has 0 aromatic heterocycles. The van der Waals surface area contributed by atoms with E-state index in [9.17, 15) is 0 Å². The Morgan fingerprint density at radius 3 is 3.25 bits per heavy atom. The van der Waals surface area contributed by atoms with Gasteiger partial charge in [-0.1, -0.05) is 11.6 Å². The standard InChI is InChI=1S/C8H7ClINO/c9-5-1-2-7-6(3-5)11-4-8(10)12-7/h1-3,8,11H,4H2/t8-/m1/s1. The highest BCUT2D eigenvalue weighted by atomic mass is 127. The number of nitrogens with one attached hydrogen (secondary N) is 1. The first-order valence-electron chi connectivity index (χ1n) is 3.60. The maximum absolute atomic E-state index is 5.82. The summed E-state index contributed by atoms with van der Waals surface area (Å²) >= 11 is 8.06. The van der Waals surface area contributed by atoms with Crippen molar-refractivity contribution in [3.05, 3.63) is 23.2 Å². The summed E-state index contributed by atoms with van der Waals surface area (Å²) in [5.41, 5.74) is 0.982. The molecule has 1 N–H and O–H groups in total. The van der Waals surface area contributed by atoms with Gasteiger partial charge in [-0.05, 0) is 40.8 Å². The zero-order valence-corrected chi connectivity index (χ0v) is 9.09. The summed E-state index contributed by atoms with van der Waals surface area (Å²) in [6.07, 6.45) is 0. The molecule has 1 heterocycles. The van der Waals surface area contributed by atoms with Gasteiger partial charge in [0.2, 0.25) is 0 Å². The van der Waals surface area contributed by atoms with Crippen LogP contribution in [0.25, 0.3) is 0 Å². The molecule has 1 aliphatic heterocycles. The highest BCUT2D eigenvalue weighted by Gasteiger charge is 2.15. The van der Waals surface area contributed by atoms with Gasteiger partial charge in [-0.2, -0.15) is 0 Å². The number of anilines is 1. The summed E-state index contributed by atoms with van der Waals surface area (Å²) in [6.45, 7) is 0.827. The maximum atomic E-state index is 5.82. The molecule has 0 saturated heterocycles. The third-order valence-electron chi connectivity index (χ3n) is 1.65.